The largest absolute Gasteiger partial charge is 0.277 e. The van der Waals surface area contributed by atoms with E-state index in [1.165, 1.54) is 14.6 Å². The number of hydrogen-bond donors (Lipinski definition) is 0. The van der Waals surface area contributed by atoms with E-state index in [9.17, 15) is 18.0 Å². The summed E-state index contributed by atoms with van der Waals surface area (Å²) >= 11 is 0. The maximum Gasteiger partial charge on any atom is 0.236 e. The van der Waals surface area contributed by atoms with E-state index in [2.05, 4.69) is 0 Å². The molecule has 0 aliphatic carbocycles. The molecule has 2 fully saturated rings. The average Bonchev–Trinajstić information content (AvgIpc) is 2.77. The fourth-order valence-corrected chi connectivity index (χ4v) is 3.98. The van der Waals surface area contributed by atoms with Crippen LogP contribution in [0.15, 0.2) is 29.7 Å². The van der Waals surface area contributed by atoms with Crippen molar-refractivity contribution in [3.05, 3.63) is 40.8 Å². The summed E-state index contributed by atoms with van der Waals surface area (Å²) in [4.78, 5) is 24.5. The van der Waals surface area contributed by atoms with E-state index in [1.54, 1.807) is 6.08 Å². The van der Waals surface area contributed by atoms with E-state index in [0.717, 1.165) is 11.1 Å². The van der Waals surface area contributed by atoms with Gasteiger partial charge in [0.1, 0.15) is 0 Å². The second-order valence-electron chi connectivity index (χ2n) is 5.89. The van der Waals surface area contributed by atoms with Crippen LogP contribution in [0, 0.1) is 6.92 Å². The van der Waals surface area contributed by atoms with Crippen molar-refractivity contribution >= 4 is 27.9 Å². The second kappa shape index (κ2) is 5.90. The first-order valence-electron chi connectivity index (χ1n) is 7.46. The summed E-state index contributed by atoms with van der Waals surface area (Å²) in [5.41, 5.74) is 1.91. The van der Waals surface area contributed by atoms with Gasteiger partial charge in [-0.15, -0.1) is 0 Å². The Hall–Kier alpha value is -1.99. The lowest BCUT2D eigenvalue weighted by atomic mass is 10.1. The number of likely N-dealkylation sites (tertiary alicyclic amines) is 1. The zero-order chi connectivity index (χ0) is 16.6. The number of rotatable bonds is 4. The van der Waals surface area contributed by atoms with Gasteiger partial charge in [-0.2, -0.15) is 4.31 Å². The molecule has 2 saturated heterocycles. The van der Waals surface area contributed by atoms with Crippen molar-refractivity contribution in [1.82, 2.24) is 9.21 Å². The van der Waals surface area contributed by atoms with Gasteiger partial charge in [-0.3, -0.25) is 14.5 Å². The second-order valence-corrected chi connectivity index (χ2v) is 7.71. The zero-order valence-electron chi connectivity index (χ0n) is 12.8. The molecule has 7 heteroatoms. The normalized spacial score (nSPS) is 20.5. The van der Waals surface area contributed by atoms with E-state index in [-0.39, 0.29) is 43.8 Å². The van der Waals surface area contributed by atoms with Gasteiger partial charge in [0.05, 0.1) is 6.04 Å². The molecule has 1 aromatic carbocycles. The topological polar surface area (TPSA) is 74.8 Å². The molecular weight excluding hydrogens is 316 g/mol. The Bertz CT molecular complexity index is 746. The van der Waals surface area contributed by atoms with Crippen LogP contribution in [0.2, 0.25) is 0 Å². The van der Waals surface area contributed by atoms with Crippen LogP contribution < -0.4 is 0 Å². The minimum Gasteiger partial charge on any atom is -0.277 e. The molecule has 2 amide bonds. The molecule has 0 radical (unpaired) electrons. The first-order valence-corrected chi connectivity index (χ1v) is 8.97. The molecule has 6 nitrogen and oxygen atoms in total. The monoisotopic (exact) mass is 334 g/mol. The van der Waals surface area contributed by atoms with Crippen molar-refractivity contribution in [2.45, 2.75) is 25.8 Å². The van der Waals surface area contributed by atoms with Crippen molar-refractivity contribution in [2.75, 3.05) is 13.1 Å². The number of imide groups is 1. The summed E-state index contributed by atoms with van der Waals surface area (Å²) in [5.74, 6) is -0.403. The van der Waals surface area contributed by atoms with Crippen LogP contribution in [-0.4, -0.2) is 48.6 Å². The highest BCUT2D eigenvalue weighted by atomic mass is 32.2. The predicted molar refractivity (Wildman–Crippen MR) is 85.6 cm³/mol. The average molecular weight is 334 g/mol. The Morgan fingerprint density at radius 3 is 2.17 bits per heavy atom. The molecule has 0 aromatic heterocycles. The Balaban J connectivity index is 1.63. The first-order chi connectivity index (χ1) is 10.9. The summed E-state index contributed by atoms with van der Waals surface area (Å²) in [6, 6.07) is 7.21. The van der Waals surface area contributed by atoms with E-state index in [0.29, 0.717) is 0 Å². The smallest absolute Gasteiger partial charge is 0.236 e. The Morgan fingerprint density at radius 2 is 1.61 bits per heavy atom. The molecule has 0 N–H and O–H groups in total. The Kier molecular flexibility index (Phi) is 4.08. The van der Waals surface area contributed by atoms with Crippen molar-refractivity contribution < 1.29 is 18.0 Å². The highest BCUT2D eigenvalue weighted by Gasteiger charge is 2.44. The summed E-state index contributed by atoms with van der Waals surface area (Å²) in [6.45, 7) is 2.32. The van der Waals surface area contributed by atoms with Gasteiger partial charge in [-0.05, 0) is 18.6 Å². The quantitative estimate of drug-likeness (QED) is 0.774. The molecule has 2 aliphatic rings. The predicted octanol–water partition coefficient (Wildman–Crippen LogP) is 1.13. The van der Waals surface area contributed by atoms with Crippen molar-refractivity contribution in [1.29, 1.82) is 0 Å². The Labute approximate surface area is 135 Å². The third kappa shape index (κ3) is 3.20. The number of carbonyl (C=O) groups excluding carboxylic acids is 2. The lowest BCUT2D eigenvalue weighted by molar-refractivity contribution is -0.143. The summed E-state index contributed by atoms with van der Waals surface area (Å²) < 4.78 is 25.7. The molecule has 0 saturated carbocycles. The number of nitrogens with zero attached hydrogens (tertiary/aromatic N) is 2. The molecule has 2 aliphatic heterocycles. The van der Waals surface area contributed by atoms with Gasteiger partial charge in [-0.25, -0.2) is 8.42 Å². The molecule has 1 aromatic rings. The maximum absolute atomic E-state index is 12.2. The minimum atomic E-state index is -3.53. The number of hydrogen-bond acceptors (Lipinski definition) is 4. The van der Waals surface area contributed by atoms with Crippen LogP contribution >= 0.6 is 0 Å². The van der Waals surface area contributed by atoms with Gasteiger partial charge < -0.3 is 0 Å². The third-order valence-corrected chi connectivity index (χ3v) is 5.65. The van der Waals surface area contributed by atoms with Gasteiger partial charge in [0, 0.05) is 31.3 Å². The SMILES string of the molecule is Cc1ccc(/C=C/S(=O)(=O)N2CC(N3C(=O)CCC3=O)C2)cc1. The van der Waals surface area contributed by atoms with Crippen LogP contribution in [0.3, 0.4) is 0 Å². The van der Waals surface area contributed by atoms with Crippen LogP contribution in [0.4, 0.5) is 0 Å². The number of amides is 2. The van der Waals surface area contributed by atoms with Crippen LogP contribution in [0.1, 0.15) is 24.0 Å². The third-order valence-electron chi connectivity index (χ3n) is 4.15. The van der Waals surface area contributed by atoms with E-state index >= 15 is 0 Å². The van der Waals surface area contributed by atoms with Gasteiger partial charge in [-0.1, -0.05) is 29.8 Å². The van der Waals surface area contributed by atoms with Gasteiger partial charge in [0.2, 0.25) is 21.8 Å². The van der Waals surface area contributed by atoms with Gasteiger partial charge in [0.25, 0.3) is 0 Å². The Morgan fingerprint density at radius 1 is 1.04 bits per heavy atom. The lowest BCUT2D eigenvalue weighted by Crippen LogP contribution is -2.61. The molecule has 122 valence electrons. The molecule has 2 heterocycles. The highest BCUT2D eigenvalue weighted by molar-refractivity contribution is 7.92. The lowest BCUT2D eigenvalue weighted by Gasteiger charge is -2.41. The van der Waals surface area contributed by atoms with Crippen LogP contribution in [0.5, 0.6) is 0 Å². The molecule has 0 spiro atoms. The first kappa shape index (κ1) is 15.9. The fourth-order valence-electron chi connectivity index (χ4n) is 2.72. The van der Waals surface area contributed by atoms with Crippen molar-refractivity contribution in [3.8, 4) is 0 Å². The molecule has 23 heavy (non-hydrogen) atoms. The number of aryl methyl sites for hydroxylation is 1. The summed E-state index contributed by atoms with van der Waals surface area (Å²) in [5, 5.41) is 1.17. The minimum absolute atomic E-state index is 0.179. The highest BCUT2D eigenvalue weighted by Crippen LogP contribution is 2.25. The number of carbonyl (C=O) groups is 2. The van der Waals surface area contributed by atoms with E-state index in [4.69, 9.17) is 0 Å². The summed E-state index contributed by atoms with van der Waals surface area (Å²) in [6.07, 6.45) is 2.01. The molecule has 0 bridgehead atoms. The molecule has 3 rings (SSSR count). The van der Waals surface area contributed by atoms with Crippen LogP contribution in [0.25, 0.3) is 6.08 Å². The zero-order valence-corrected chi connectivity index (χ0v) is 13.6. The summed E-state index contributed by atoms with van der Waals surface area (Å²) in [7, 11) is -3.53. The van der Waals surface area contributed by atoms with Gasteiger partial charge >= 0.3 is 0 Å². The maximum atomic E-state index is 12.2. The molecular formula is C16H18N2O4S. The van der Waals surface area contributed by atoms with E-state index in [1.807, 2.05) is 31.2 Å². The van der Waals surface area contributed by atoms with Gasteiger partial charge in [0.15, 0.2) is 0 Å². The van der Waals surface area contributed by atoms with E-state index < -0.39 is 10.0 Å². The van der Waals surface area contributed by atoms with Crippen molar-refractivity contribution in [2.24, 2.45) is 0 Å². The van der Waals surface area contributed by atoms with Crippen molar-refractivity contribution in [3.63, 3.8) is 0 Å². The standard InChI is InChI=1S/C16H18N2O4S/c1-12-2-4-13(5-3-12)8-9-23(21,22)17-10-14(11-17)18-15(19)6-7-16(18)20/h2-5,8-9,14H,6-7,10-11H2,1H3/b9-8+. The number of sulfonamides is 1. The molecule has 0 atom stereocenters. The fraction of sp³-hybridized carbons (Fsp3) is 0.375. The molecule has 0 unspecified atom stereocenters. The number of benzene rings is 1. The van der Waals surface area contributed by atoms with Crippen LogP contribution in [-0.2, 0) is 19.6 Å².